The number of hydrogen-bond donors (Lipinski definition) is 1. The number of benzene rings is 1. The van der Waals surface area contributed by atoms with Crippen LogP contribution in [0.1, 0.15) is 55.3 Å². The molecule has 3 rings (SSSR count). The number of aldehydes is 1. The second kappa shape index (κ2) is 9.14. The second-order valence-electron chi connectivity index (χ2n) is 7.62. The molecule has 2 fully saturated rings. The molecule has 1 amide bonds. The summed E-state index contributed by atoms with van der Waals surface area (Å²) in [7, 11) is 0. The van der Waals surface area contributed by atoms with Gasteiger partial charge in [-0.3, -0.25) is 24.6 Å². The second-order valence-corrected chi connectivity index (χ2v) is 7.62. The number of ether oxygens (including phenoxy) is 1. The van der Waals surface area contributed by atoms with E-state index in [4.69, 9.17) is 10.5 Å². The van der Waals surface area contributed by atoms with Crippen LogP contribution in [0.2, 0.25) is 0 Å². The molecule has 1 aliphatic heterocycles. The summed E-state index contributed by atoms with van der Waals surface area (Å²) in [6, 6.07) is 4.31. The van der Waals surface area contributed by atoms with E-state index >= 15 is 0 Å². The van der Waals surface area contributed by atoms with Crippen molar-refractivity contribution in [3.63, 3.8) is 0 Å². The summed E-state index contributed by atoms with van der Waals surface area (Å²) >= 11 is 0. The average molecular weight is 389 g/mol. The molecule has 1 saturated carbocycles. The third-order valence-corrected chi connectivity index (χ3v) is 6.00. The smallest absolute Gasteiger partial charge is 0.321 e. The number of hydrogen-bond acceptors (Lipinski definition) is 6. The number of nitro benzene ring substituents is 1. The summed E-state index contributed by atoms with van der Waals surface area (Å²) < 4.78 is 5.61. The Morgan fingerprint density at radius 3 is 2.79 bits per heavy atom. The number of primary amides is 1. The zero-order valence-corrected chi connectivity index (χ0v) is 15.9. The lowest BCUT2D eigenvalue weighted by Crippen LogP contribution is -2.56. The summed E-state index contributed by atoms with van der Waals surface area (Å²) in [6.45, 7) is 0.959. The zero-order chi connectivity index (χ0) is 20.1. The number of nitrogens with two attached hydrogens (primary N) is 1. The Bertz CT molecular complexity index is 737. The third kappa shape index (κ3) is 4.32. The number of fused-ring (bicyclic) bond motifs is 1. The van der Waals surface area contributed by atoms with Gasteiger partial charge in [-0.2, -0.15) is 0 Å². The quantitative estimate of drug-likeness (QED) is 0.415. The van der Waals surface area contributed by atoms with Gasteiger partial charge < -0.3 is 10.5 Å². The monoisotopic (exact) mass is 389 g/mol. The van der Waals surface area contributed by atoms with Crippen LogP contribution in [0.15, 0.2) is 18.2 Å². The van der Waals surface area contributed by atoms with Crippen LogP contribution in [0.3, 0.4) is 0 Å². The minimum atomic E-state index is -0.623. The van der Waals surface area contributed by atoms with E-state index in [2.05, 4.69) is 4.90 Å². The molecule has 2 aliphatic rings. The van der Waals surface area contributed by atoms with E-state index in [9.17, 15) is 19.7 Å². The summed E-state index contributed by atoms with van der Waals surface area (Å²) in [6.07, 6.45) is 7.76. The molecule has 152 valence electrons. The van der Waals surface area contributed by atoms with Crippen molar-refractivity contribution in [3.05, 3.63) is 33.9 Å². The molecule has 28 heavy (non-hydrogen) atoms. The van der Waals surface area contributed by atoms with Crippen LogP contribution in [0.4, 0.5) is 5.69 Å². The Kier molecular flexibility index (Phi) is 6.61. The summed E-state index contributed by atoms with van der Waals surface area (Å²) in [5.74, 6) is 0.272. The van der Waals surface area contributed by atoms with Crippen LogP contribution >= 0.6 is 0 Å². The molecule has 0 spiro atoms. The van der Waals surface area contributed by atoms with Gasteiger partial charge in [0.1, 0.15) is 0 Å². The number of carbonyl (C=O) groups is 2. The van der Waals surface area contributed by atoms with Crippen LogP contribution in [0.25, 0.3) is 0 Å². The summed E-state index contributed by atoms with van der Waals surface area (Å²) in [4.78, 5) is 36.1. The van der Waals surface area contributed by atoms with Crippen molar-refractivity contribution in [1.29, 1.82) is 0 Å². The van der Waals surface area contributed by atoms with Gasteiger partial charge in [0.15, 0.2) is 12.0 Å². The number of amides is 1. The van der Waals surface area contributed by atoms with Gasteiger partial charge in [-0.25, -0.2) is 0 Å². The molecule has 0 aromatic heterocycles. The molecule has 1 aliphatic carbocycles. The number of para-hydroxylation sites is 1. The Morgan fingerprint density at radius 1 is 1.32 bits per heavy atom. The Labute approximate surface area is 164 Å². The van der Waals surface area contributed by atoms with E-state index < -0.39 is 11.0 Å². The highest BCUT2D eigenvalue weighted by Crippen LogP contribution is 2.37. The predicted molar refractivity (Wildman–Crippen MR) is 103 cm³/mol. The Balaban J connectivity index is 1.69. The molecule has 3 unspecified atom stereocenters. The van der Waals surface area contributed by atoms with Gasteiger partial charge >= 0.3 is 5.69 Å². The van der Waals surface area contributed by atoms with Crippen LogP contribution in [-0.4, -0.2) is 47.3 Å². The molecule has 0 radical (unpaired) electrons. The largest absolute Gasteiger partial charge is 0.487 e. The highest BCUT2D eigenvalue weighted by Gasteiger charge is 2.38. The Hall–Kier alpha value is -2.48. The van der Waals surface area contributed by atoms with Crippen molar-refractivity contribution >= 4 is 17.9 Å². The lowest BCUT2D eigenvalue weighted by atomic mass is 9.77. The van der Waals surface area contributed by atoms with Crippen LogP contribution in [0.5, 0.6) is 5.75 Å². The van der Waals surface area contributed by atoms with Gasteiger partial charge in [-0.05, 0) is 50.3 Å². The van der Waals surface area contributed by atoms with Crippen molar-refractivity contribution in [2.75, 3.05) is 13.2 Å². The number of piperidine rings is 1. The van der Waals surface area contributed by atoms with Gasteiger partial charge in [-0.15, -0.1) is 0 Å². The predicted octanol–water partition coefficient (Wildman–Crippen LogP) is 2.68. The molecule has 1 aromatic carbocycles. The maximum atomic E-state index is 12.2. The molecular weight excluding hydrogens is 362 g/mol. The number of carbonyl (C=O) groups excluding carboxylic acids is 2. The van der Waals surface area contributed by atoms with Gasteiger partial charge in [0, 0.05) is 12.5 Å². The van der Waals surface area contributed by atoms with Crippen LogP contribution in [-0.2, 0) is 4.79 Å². The average Bonchev–Trinajstić information content (AvgIpc) is 2.70. The van der Waals surface area contributed by atoms with E-state index in [1.807, 2.05) is 0 Å². The fourth-order valence-electron chi connectivity index (χ4n) is 4.75. The van der Waals surface area contributed by atoms with Crippen molar-refractivity contribution in [1.82, 2.24) is 4.90 Å². The molecular formula is C20H27N3O5. The normalized spacial score (nSPS) is 23.4. The summed E-state index contributed by atoms with van der Waals surface area (Å²) in [5, 5.41) is 11.3. The fraction of sp³-hybridized carbons (Fsp3) is 0.600. The molecule has 8 heteroatoms. The van der Waals surface area contributed by atoms with E-state index in [-0.39, 0.29) is 29.5 Å². The summed E-state index contributed by atoms with van der Waals surface area (Å²) in [5.41, 5.74) is 5.32. The zero-order valence-electron chi connectivity index (χ0n) is 15.9. The van der Waals surface area contributed by atoms with Crippen molar-refractivity contribution < 1.29 is 19.2 Å². The van der Waals surface area contributed by atoms with E-state index in [0.29, 0.717) is 24.7 Å². The topological polar surface area (TPSA) is 116 Å². The molecule has 1 saturated heterocycles. The van der Waals surface area contributed by atoms with Crippen LogP contribution < -0.4 is 10.5 Å². The lowest BCUT2D eigenvalue weighted by Gasteiger charge is -2.46. The van der Waals surface area contributed by atoms with E-state index in [1.54, 1.807) is 0 Å². The highest BCUT2D eigenvalue weighted by atomic mass is 16.6. The van der Waals surface area contributed by atoms with Crippen LogP contribution in [0, 0.1) is 16.0 Å². The van der Waals surface area contributed by atoms with Gasteiger partial charge in [0.2, 0.25) is 5.91 Å². The molecule has 3 atom stereocenters. The lowest BCUT2D eigenvalue weighted by molar-refractivity contribution is -0.386. The first kappa shape index (κ1) is 20.3. The Morgan fingerprint density at radius 2 is 2.07 bits per heavy atom. The third-order valence-electron chi connectivity index (χ3n) is 6.00. The molecule has 1 heterocycles. The SMILES string of the molecule is NC(=O)C(CCOc1cccc(C=O)c1[N+](=O)[O-])N1CCCC2CCCCC21. The molecule has 0 bridgehead atoms. The number of nitro groups is 1. The minimum Gasteiger partial charge on any atom is -0.487 e. The van der Waals surface area contributed by atoms with Gasteiger partial charge in [0.25, 0.3) is 0 Å². The van der Waals surface area contributed by atoms with E-state index in [0.717, 1.165) is 19.4 Å². The molecule has 1 aromatic rings. The molecule has 8 nitrogen and oxygen atoms in total. The number of nitrogens with zero attached hydrogens (tertiary/aromatic N) is 2. The molecule has 2 N–H and O–H groups in total. The first-order valence-electron chi connectivity index (χ1n) is 9.93. The van der Waals surface area contributed by atoms with Crippen molar-refractivity contribution in [2.24, 2.45) is 11.7 Å². The number of rotatable bonds is 8. The number of likely N-dealkylation sites (tertiary alicyclic amines) is 1. The first-order valence-corrected chi connectivity index (χ1v) is 9.93. The minimum absolute atomic E-state index is 0.0324. The fourth-order valence-corrected chi connectivity index (χ4v) is 4.75. The van der Waals surface area contributed by atoms with Crippen molar-refractivity contribution in [2.45, 2.75) is 57.0 Å². The highest BCUT2D eigenvalue weighted by molar-refractivity contribution is 5.83. The van der Waals surface area contributed by atoms with Crippen molar-refractivity contribution in [3.8, 4) is 5.75 Å². The maximum absolute atomic E-state index is 12.2. The van der Waals surface area contributed by atoms with Gasteiger partial charge in [-0.1, -0.05) is 18.9 Å². The standard InChI is InChI=1S/C20H27N3O5/c21-20(25)17(22-11-4-7-14-5-1-2-8-16(14)22)10-12-28-18-9-3-6-15(13-24)19(18)23(26)27/h3,6,9,13-14,16-17H,1-2,4-5,7-8,10-12H2,(H2,21,25). The first-order chi connectivity index (χ1) is 13.5. The van der Waals surface area contributed by atoms with E-state index in [1.165, 1.54) is 43.9 Å². The van der Waals surface area contributed by atoms with Gasteiger partial charge in [0.05, 0.1) is 23.1 Å². The maximum Gasteiger partial charge on any atom is 0.321 e.